The Morgan fingerprint density at radius 2 is 2.10 bits per heavy atom. The van der Waals surface area contributed by atoms with Gasteiger partial charge in [0.1, 0.15) is 6.61 Å². The van der Waals surface area contributed by atoms with Crippen molar-refractivity contribution in [3.8, 4) is 0 Å². The van der Waals surface area contributed by atoms with E-state index in [4.69, 9.17) is 16.7 Å². The fourth-order valence-electron chi connectivity index (χ4n) is 1.30. The number of rotatable bonds is 7. The highest BCUT2D eigenvalue weighted by atomic mass is 35.5. The van der Waals surface area contributed by atoms with E-state index in [-0.39, 0.29) is 17.2 Å². The number of thioether (sulfide) groups is 1. The van der Waals surface area contributed by atoms with E-state index in [1.807, 2.05) is 0 Å². The van der Waals surface area contributed by atoms with Gasteiger partial charge in [-0.1, -0.05) is 11.6 Å². The Morgan fingerprint density at radius 1 is 1.40 bits per heavy atom. The summed E-state index contributed by atoms with van der Waals surface area (Å²) in [7, 11) is 0. The van der Waals surface area contributed by atoms with E-state index < -0.39 is 18.8 Å². The maximum absolute atomic E-state index is 11.8. The Bertz CT molecular complexity index is 466. The van der Waals surface area contributed by atoms with Gasteiger partial charge < -0.3 is 9.84 Å². The predicted molar refractivity (Wildman–Crippen MR) is 70.6 cm³/mol. The molecule has 0 atom stereocenters. The van der Waals surface area contributed by atoms with Crippen molar-refractivity contribution in [1.29, 1.82) is 0 Å². The summed E-state index contributed by atoms with van der Waals surface area (Å²) in [6, 6.07) is 4.58. The molecule has 1 aromatic carbocycles. The topological polar surface area (TPSA) is 46.5 Å². The molecule has 0 aliphatic heterocycles. The van der Waals surface area contributed by atoms with E-state index in [1.165, 1.54) is 23.9 Å². The van der Waals surface area contributed by atoms with Gasteiger partial charge in [0.25, 0.3) is 0 Å². The average molecular weight is 329 g/mol. The minimum atomic E-state index is -4.31. The van der Waals surface area contributed by atoms with Gasteiger partial charge in [0.05, 0.1) is 10.6 Å². The standard InChI is InChI=1S/C12H12ClF3O3S/c13-10-3-2-8(6-9(10)11(17)18)20-5-1-4-19-7-12(14,15)16/h2-3,6H,1,4-5,7H2,(H,17,18). The van der Waals surface area contributed by atoms with Gasteiger partial charge in [-0.25, -0.2) is 4.79 Å². The van der Waals surface area contributed by atoms with Crippen LogP contribution in [-0.2, 0) is 4.74 Å². The zero-order valence-corrected chi connectivity index (χ0v) is 11.8. The van der Waals surface area contributed by atoms with Crippen molar-refractivity contribution in [2.24, 2.45) is 0 Å². The lowest BCUT2D eigenvalue weighted by Crippen LogP contribution is -2.17. The van der Waals surface area contributed by atoms with Gasteiger partial charge >= 0.3 is 12.1 Å². The first-order valence-electron chi connectivity index (χ1n) is 5.60. The van der Waals surface area contributed by atoms with Crippen molar-refractivity contribution in [3.63, 3.8) is 0 Å². The minimum absolute atomic E-state index is 0.00462. The highest BCUT2D eigenvalue weighted by Crippen LogP contribution is 2.25. The number of carbonyl (C=O) groups is 1. The monoisotopic (exact) mass is 328 g/mol. The normalized spacial score (nSPS) is 11.6. The van der Waals surface area contributed by atoms with E-state index in [2.05, 4.69) is 4.74 Å². The van der Waals surface area contributed by atoms with Crippen LogP contribution in [0.25, 0.3) is 0 Å². The summed E-state index contributed by atoms with van der Waals surface area (Å²) < 4.78 is 39.8. The third kappa shape index (κ3) is 6.49. The SMILES string of the molecule is O=C(O)c1cc(SCCCOCC(F)(F)F)ccc1Cl. The Kier molecular flexibility index (Phi) is 6.64. The summed E-state index contributed by atoms with van der Waals surface area (Å²) in [4.78, 5) is 11.6. The fraction of sp³-hybridized carbons (Fsp3) is 0.417. The van der Waals surface area contributed by atoms with Gasteiger partial charge in [-0.05, 0) is 24.6 Å². The molecule has 112 valence electrons. The second-order valence-electron chi connectivity index (χ2n) is 3.82. The number of halogens is 4. The van der Waals surface area contributed by atoms with Crippen molar-refractivity contribution in [1.82, 2.24) is 0 Å². The van der Waals surface area contributed by atoms with Crippen LogP contribution < -0.4 is 0 Å². The quantitative estimate of drug-likeness (QED) is 0.604. The Labute approximate surface area is 123 Å². The van der Waals surface area contributed by atoms with Crippen LogP contribution in [0.4, 0.5) is 13.2 Å². The second kappa shape index (κ2) is 7.75. The van der Waals surface area contributed by atoms with Crippen LogP contribution in [0.3, 0.4) is 0 Å². The zero-order valence-electron chi connectivity index (χ0n) is 10.2. The number of carboxylic acids is 1. The van der Waals surface area contributed by atoms with Gasteiger partial charge in [0, 0.05) is 17.3 Å². The number of ether oxygens (including phenoxy) is 1. The number of alkyl halides is 3. The molecule has 1 aromatic rings. The van der Waals surface area contributed by atoms with Crippen LogP contribution in [0.5, 0.6) is 0 Å². The van der Waals surface area contributed by atoms with Gasteiger partial charge in [-0.2, -0.15) is 13.2 Å². The maximum atomic E-state index is 11.8. The van der Waals surface area contributed by atoms with Crippen LogP contribution in [-0.4, -0.2) is 36.2 Å². The zero-order chi connectivity index (χ0) is 15.2. The lowest BCUT2D eigenvalue weighted by Gasteiger charge is -2.07. The molecule has 0 saturated heterocycles. The number of benzene rings is 1. The molecule has 0 heterocycles. The van der Waals surface area contributed by atoms with Crippen molar-refractivity contribution in [3.05, 3.63) is 28.8 Å². The van der Waals surface area contributed by atoms with E-state index in [0.29, 0.717) is 17.1 Å². The molecular formula is C12H12ClF3O3S. The molecule has 0 radical (unpaired) electrons. The van der Waals surface area contributed by atoms with Gasteiger partial charge in [0.15, 0.2) is 0 Å². The highest BCUT2D eigenvalue weighted by Gasteiger charge is 2.27. The molecule has 0 aromatic heterocycles. The number of hydrogen-bond donors (Lipinski definition) is 1. The minimum Gasteiger partial charge on any atom is -0.478 e. The van der Waals surface area contributed by atoms with Crippen LogP contribution in [0.2, 0.25) is 5.02 Å². The van der Waals surface area contributed by atoms with Crippen molar-refractivity contribution >= 4 is 29.3 Å². The number of hydrogen-bond acceptors (Lipinski definition) is 3. The molecule has 0 aliphatic carbocycles. The molecule has 0 spiro atoms. The molecule has 1 rings (SSSR count). The lowest BCUT2D eigenvalue weighted by atomic mass is 10.2. The van der Waals surface area contributed by atoms with Crippen molar-refractivity contribution in [2.45, 2.75) is 17.5 Å². The molecular weight excluding hydrogens is 317 g/mol. The molecule has 20 heavy (non-hydrogen) atoms. The summed E-state index contributed by atoms with van der Waals surface area (Å²) in [6.07, 6.45) is -3.87. The summed E-state index contributed by atoms with van der Waals surface area (Å²) in [5.41, 5.74) is 0.00462. The third-order valence-corrected chi connectivity index (χ3v) is 3.55. The summed E-state index contributed by atoms with van der Waals surface area (Å²) in [5, 5.41) is 9.04. The van der Waals surface area contributed by atoms with Crippen LogP contribution in [0.15, 0.2) is 23.1 Å². The van der Waals surface area contributed by atoms with Crippen molar-refractivity contribution in [2.75, 3.05) is 19.0 Å². The largest absolute Gasteiger partial charge is 0.478 e. The summed E-state index contributed by atoms with van der Waals surface area (Å²) in [6.45, 7) is -1.24. The second-order valence-corrected chi connectivity index (χ2v) is 5.39. The van der Waals surface area contributed by atoms with Gasteiger partial charge in [0.2, 0.25) is 0 Å². The first kappa shape index (κ1) is 17.1. The molecule has 0 saturated carbocycles. The van der Waals surface area contributed by atoms with Crippen LogP contribution >= 0.6 is 23.4 Å². The first-order valence-corrected chi connectivity index (χ1v) is 6.96. The van der Waals surface area contributed by atoms with E-state index in [1.54, 1.807) is 6.07 Å². The van der Waals surface area contributed by atoms with E-state index in [9.17, 15) is 18.0 Å². The van der Waals surface area contributed by atoms with Crippen LogP contribution in [0, 0.1) is 0 Å². The molecule has 0 bridgehead atoms. The molecule has 8 heteroatoms. The maximum Gasteiger partial charge on any atom is 0.411 e. The van der Waals surface area contributed by atoms with E-state index >= 15 is 0 Å². The Balaban J connectivity index is 2.32. The summed E-state index contributed by atoms with van der Waals surface area (Å²) in [5.74, 6) is -0.593. The summed E-state index contributed by atoms with van der Waals surface area (Å²) >= 11 is 7.06. The Morgan fingerprint density at radius 3 is 2.70 bits per heavy atom. The molecule has 0 unspecified atom stereocenters. The molecule has 0 aliphatic rings. The number of aromatic carboxylic acids is 1. The van der Waals surface area contributed by atoms with Crippen molar-refractivity contribution < 1.29 is 27.8 Å². The molecule has 0 fully saturated rings. The predicted octanol–water partition coefficient (Wildman–Crippen LogP) is 4.10. The number of carboxylic acid groups (broad SMARTS) is 1. The van der Waals surface area contributed by atoms with E-state index in [0.717, 1.165) is 0 Å². The molecule has 1 N–H and O–H groups in total. The smallest absolute Gasteiger partial charge is 0.411 e. The van der Waals surface area contributed by atoms with Gasteiger partial charge in [-0.3, -0.25) is 0 Å². The Hall–Kier alpha value is -0.920. The first-order chi connectivity index (χ1) is 9.29. The lowest BCUT2D eigenvalue weighted by molar-refractivity contribution is -0.173. The average Bonchev–Trinajstić information content (AvgIpc) is 2.33. The van der Waals surface area contributed by atoms with Gasteiger partial charge in [-0.15, -0.1) is 11.8 Å². The highest BCUT2D eigenvalue weighted by molar-refractivity contribution is 7.99. The molecule has 0 amide bonds. The fourth-order valence-corrected chi connectivity index (χ4v) is 2.36. The third-order valence-electron chi connectivity index (χ3n) is 2.14. The van der Waals surface area contributed by atoms with Crippen LogP contribution in [0.1, 0.15) is 16.8 Å². The molecule has 3 nitrogen and oxygen atoms in total.